The second-order valence-electron chi connectivity index (χ2n) is 7.34. The van der Waals surface area contributed by atoms with Gasteiger partial charge in [0.2, 0.25) is 0 Å². The van der Waals surface area contributed by atoms with E-state index in [0.717, 1.165) is 69.0 Å². The van der Waals surface area contributed by atoms with E-state index in [-0.39, 0.29) is 24.0 Å². The van der Waals surface area contributed by atoms with E-state index in [1.54, 1.807) is 11.3 Å². The number of halogens is 1. The molecule has 156 valence electrons. The molecule has 1 atom stereocenters. The Kier molecular flexibility index (Phi) is 11.7. The number of hydrogen-bond acceptors (Lipinski definition) is 5. The Morgan fingerprint density at radius 1 is 1.41 bits per heavy atom. The third kappa shape index (κ3) is 8.62. The van der Waals surface area contributed by atoms with Crippen LogP contribution in [0.15, 0.2) is 10.4 Å². The van der Waals surface area contributed by atoms with Crippen LogP contribution in [0.2, 0.25) is 0 Å². The third-order valence-electron chi connectivity index (χ3n) is 4.52. The van der Waals surface area contributed by atoms with Crippen molar-refractivity contribution >= 4 is 41.3 Å². The van der Waals surface area contributed by atoms with E-state index < -0.39 is 0 Å². The zero-order valence-corrected chi connectivity index (χ0v) is 20.5. The molecule has 0 saturated carbocycles. The number of thiazole rings is 1. The van der Waals surface area contributed by atoms with E-state index in [2.05, 4.69) is 53.3 Å². The molecule has 1 aliphatic rings. The maximum atomic E-state index is 5.52. The molecule has 1 aliphatic heterocycles. The average molecular weight is 510 g/mol. The van der Waals surface area contributed by atoms with Gasteiger partial charge in [0, 0.05) is 38.1 Å². The maximum Gasteiger partial charge on any atom is 0.194 e. The molecular formula is C19H36IN5OS. The van der Waals surface area contributed by atoms with Crippen LogP contribution >= 0.6 is 35.3 Å². The topological polar surface area (TPSA) is 53.0 Å². The molecule has 1 aromatic heterocycles. The Hall–Kier alpha value is -0.450. The highest BCUT2D eigenvalue weighted by Crippen LogP contribution is 2.15. The van der Waals surface area contributed by atoms with Gasteiger partial charge in [-0.15, -0.1) is 35.3 Å². The van der Waals surface area contributed by atoms with E-state index >= 15 is 0 Å². The summed E-state index contributed by atoms with van der Waals surface area (Å²) in [6.07, 6.45) is 1.16. The van der Waals surface area contributed by atoms with Gasteiger partial charge in [-0.1, -0.05) is 13.8 Å². The minimum absolute atomic E-state index is 0. The molecule has 8 heteroatoms. The molecule has 1 N–H and O–H groups in total. The predicted molar refractivity (Wildman–Crippen MR) is 125 cm³/mol. The fourth-order valence-corrected chi connectivity index (χ4v) is 3.89. The van der Waals surface area contributed by atoms with E-state index in [1.807, 2.05) is 6.92 Å². The number of aromatic nitrogens is 1. The molecule has 0 spiro atoms. The monoisotopic (exact) mass is 509 g/mol. The highest BCUT2D eigenvalue weighted by molar-refractivity contribution is 14.0. The van der Waals surface area contributed by atoms with Gasteiger partial charge in [0.15, 0.2) is 5.96 Å². The number of nitrogens with zero attached hydrogens (tertiary/aromatic N) is 4. The Morgan fingerprint density at radius 2 is 2.11 bits per heavy atom. The zero-order valence-electron chi connectivity index (χ0n) is 17.4. The summed E-state index contributed by atoms with van der Waals surface area (Å²) in [7, 11) is 2.09. The summed E-state index contributed by atoms with van der Waals surface area (Å²) in [6.45, 7) is 14.9. The molecule has 1 fully saturated rings. The van der Waals surface area contributed by atoms with Crippen LogP contribution in [-0.2, 0) is 11.3 Å². The molecule has 2 rings (SSSR count). The van der Waals surface area contributed by atoms with Gasteiger partial charge in [0.1, 0.15) is 0 Å². The van der Waals surface area contributed by atoms with Crippen molar-refractivity contribution in [2.45, 2.75) is 46.7 Å². The minimum Gasteiger partial charge on any atom is -0.379 e. The highest BCUT2D eigenvalue weighted by Gasteiger charge is 2.22. The van der Waals surface area contributed by atoms with Crippen molar-refractivity contribution in [2.75, 3.05) is 46.4 Å². The summed E-state index contributed by atoms with van der Waals surface area (Å²) in [4.78, 5) is 14.3. The number of aliphatic imine (C=N–C) groups is 1. The number of rotatable bonds is 8. The summed E-state index contributed by atoms with van der Waals surface area (Å²) < 4.78 is 5.52. The number of morpholine rings is 1. The number of ether oxygens (including phenoxy) is 1. The minimum atomic E-state index is 0. The quantitative estimate of drug-likeness (QED) is 0.332. The fourth-order valence-electron chi connectivity index (χ4n) is 3.29. The lowest BCUT2D eigenvalue weighted by atomic mass is 10.0. The van der Waals surface area contributed by atoms with Crippen LogP contribution in [0.5, 0.6) is 0 Å². The molecule has 0 amide bonds. The van der Waals surface area contributed by atoms with Crippen LogP contribution in [0.4, 0.5) is 0 Å². The van der Waals surface area contributed by atoms with E-state index in [9.17, 15) is 0 Å². The summed E-state index contributed by atoms with van der Waals surface area (Å²) >= 11 is 1.70. The first-order valence-electron chi connectivity index (χ1n) is 9.71. The first-order valence-corrected chi connectivity index (χ1v) is 10.6. The molecule has 0 radical (unpaired) electrons. The van der Waals surface area contributed by atoms with Crippen LogP contribution in [0.1, 0.15) is 37.9 Å². The molecule has 0 bridgehead atoms. The summed E-state index contributed by atoms with van der Waals surface area (Å²) in [5, 5.41) is 6.67. The summed E-state index contributed by atoms with van der Waals surface area (Å²) in [6, 6.07) is 0.475. The first kappa shape index (κ1) is 24.6. The molecule has 2 heterocycles. The molecule has 1 unspecified atom stereocenters. The average Bonchev–Trinajstić information content (AvgIpc) is 3.02. The van der Waals surface area contributed by atoms with Gasteiger partial charge >= 0.3 is 0 Å². The van der Waals surface area contributed by atoms with E-state index in [1.165, 1.54) is 0 Å². The zero-order chi connectivity index (χ0) is 18.9. The molecular weight excluding hydrogens is 473 g/mol. The second-order valence-corrected chi connectivity index (χ2v) is 8.40. The van der Waals surface area contributed by atoms with Crippen molar-refractivity contribution in [1.82, 2.24) is 20.1 Å². The van der Waals surface area contributed by atoms with Crippen molar-refractivity contribution in [1.29, 1.82) is 0 Å². The number of guanidine groups is 1. The summed E-state index contributed by atoms with van der Waals surface area (Å²) in [5.74, 6) is 1.62. The smallest absolute Gasteiger partial charge is 0.194 e. The Balaban J connectivity index is 0.00000364. The van der Waals surface area contributed by atoms with Gasteiger partial charge in [-0.05, 0) is 26.2 Å². The van der Waals surface area contributed by atoms with E-state index in [4.69, 9.17) is 9.73 Å². The van der Waals surface area contributed by atoms with Crippen LogP contribution in [0.3, 0.4) is 0 Å². The molecule has 0 aromatic carbocycles. The Labute approximate surface area is 185 Å². The Bertz CT molecular complexity index is 560. The standard InChI is InChI=1S/C19H35N5OS.HI/c1-6-20-19(23(5)13-17-14-26-16(4)22-17)21-12-18(11-15(2)3)24-7-9-25-10-8-24;/h14-15,18H,6-13H2,1-5H3,(H,20,21);1H. The molecule has 27 heavy (non-hydrogen) atoms. The summed E-state index contributed by atoms with van der Waals surface area (Å²) in [5.41, 5.74) is 1.10. The lowest BCUT2D eigenvalue weighted by molar-refractivity contribution is 0.0142. The highest BCUT2D eigenvalue weighted by atomic mass is 127. The molecule has 0 aliphatic carbocycles. The fraction of sp³-hybridized carbons (Fsp3) is 0.789. The van der Waals surface area contributed by atoms with Crippen molar-refractivity contribution in [3.05, 3.63) is 16.1 Å². The molecule has 1 saturated heterocycles. The predicted octanol–water partition coefficient (Wildman–Crippen LogP) is 3.21. The van der Waals surface area contributed by atoms with Crippen LogP contribution in [-0.4, -0.2) is 73.2 Å². The number of nitrogens with one attached hydrogen (secondary N) is 1. The van der Waals surface area contributed by atoms with Crippen molar-refractivity contribution in [2.24, 2.45) is 10.9 Å². The van der Waals surface area contributed by atoms with Gasteiger partial charge in [0.05, 0.1) is 37.0 Å². The lowest BCUT2D eigenvalue weighted by Crippen LogP contribution is -2.46. The van der Waals surface area contributed by atoms with Gasteiger partial charge in [0.25, 0.3) is 0 Å². The van der Waals surface area contributed by atoms with Gasteiger partial charge < -0.3 is 15.0 Å². The van der Waals surface area contributed by atoms with Crippen molar-refractivity contribution in [3.8, 4) is 0 Å². The number of aryl methyl sites for hydroxylation is 1. The molecule has 1 aromatic rings. The Morgan fingerprint density at radius 3 is 2.67 bits per heavy atom. The maximum absolute atomic E-state index is 5.52. The van der Waals surface area contributed by atoms with Gasteiger partial charge in [-0.2, -0.15) is 0 Å². The normalized spacial score (nSPS) is 16.9. The first-order chi connectivity index (χ1) is 12.5. The third-order valence-corrected chi connectivity index (χ3v) is 5.34. The van der Waals surface area contributed by atoms with Gasteiger partial charge in [-0.3, -0.25) is 9.89 Å². The molecule has 6 nitrogen and oxygen atoms in total. The van der Waals surface area contributed by atoms with Crippen LogP contribution < -0.4 is 5.32 Å². The van der Waals surface area contributed by atoms with Crippen molar-refractivity contribution in [3.63, 3.8) is 0 Å². The van der Waals surface area contributed by atoms with E-state index in [0.29, 0.717) is 12.0 Å². The van der Waals surface area contributed by atoms with Crippen LogP contribution in [0, 0.1) is 12.8 Å². The number of hydrogen-bond donors (Lipinski definition) is 1. The van der Waals surface area contributed by atoms with Crippen LogP contribution in [0.25, 0.3) is 0 Å². The lowest BCUT2D eigenvalue weighted by Gasteiger charge is -2.35. The van der Waals surface area contributed by atoms with Gasteiger partial charge in [-0.25, -0.2) is 4.98 Å². The second kappa shape index (κ2) is 12.9. The SMILES string of the molecule is CCNC(=NCC(CC(C)C)N1CCOCC1)N(C)Cc1csc(C)n1.I. The van der Waals surface area contributed by atoms with Crippen molar-refractivity contribution < 1.29 is 4.74 Å². The largest absolute Gasteiger partial charge is 0.379 e.